The van der Waals surface area contributed by atoms with E-state index in [2.05, 4.69) is 11.4 Å². The molecule has 0 spiro atoms. The Labute approximate surface area is 118 Å². The van der Waals surface area contributed by atoms with Gasteiger partial charge < -0.3 is 15.2 Å². The summed E-state index contributed by atoms with van der Waals surface area (Å²) in [6, 6.07) is 12.0. The fraction of sp³-hybridized carbons (Fsp3) is 0.312. The first kappa shape index (κ1) is 14.3. The van der Waals surface area contributed by atoms with E-state index in [0.29, 0.717) is 19.4 Å². The van der Waals surface area contributed by atoms with Crippen LogP contribution in [0, 0.1) is 0 Å². The van der Waals surface area contributed by atoms with Gasteiger partial charge in [0.15, 0.2) is 0 Å². The van der Waals surface area contributed by atoms with Crippen LogP contribution in [0.2, 0.25) is 0 Å². The van der Waals surface area contributed by atoms with E-state index >= 15 is 0 Å². The van der Waals surface area contributed by atoms with Crippen LogP contribution in [0.1, 0.15) is 18.4 Å². The first-order chi connectivity index (χ1) is 9.72. The number of aliphatic hydroxyl groups is 1. The van der Waals surface area contributed by atoms with Crippen LogP contribution in [-0.2, 0) is 11.3 Å². The quantitative estimate of drug-likeness (QED) is 0.848. The lowest BCUT2D eigenvalue weighted by molar-refractivity contribution is -0.121. The summed E-state index contributed by atoms with van der Waals surface area (Å²) in [6.07, 6.45) is 0.866. The van der Waals surface area contributed by atoms with Gasteiger partial charge in [-0.1, -0.05) is 18.2 Å². The van der Waals surface area contributed by atoms with Crippen molar-refractivity contribution in [2.24, 2.45) is 0 Å². The molecule has 2 rings (SSSR count). The molecule has 2 aromatic carbocycles. The highest BCUT2D eigenvalue weighted by Crippen LogP contribution is 2.21. The summed E-state index contributed by atoms with van der Waals surface area (Å²) in [4.78, 5) is 11.5. The van der Waals surface area contributed by atoms with Crippen LogP contribution < -0.4 is 10.1 Å². The van der Waals surface area contributed by atoms with Crippen molar-refractivity contribution in [3.05, 3.63) is 42.0 Å². The van der Waals surface area contributed by atoms with Crippen molar-refractivity contribution < 1.29 is 14.6 Å². The summed E-state index contributed by atoms with van der Waals surface area (Å²) >= 11 is 0. The number of aliphatic hydroxyl groups excluding tert-OH is 1. The van der Waals surface area contributed by atoms with Crippen molar-refractivity contribution >= 4 is 16.7 Å². The molecule has 0 fully saturated rings. The molecular weight excluding hydrogens is 254 g/mol. The molecule has 0 unspecified atom stereocenters. The third-order valence-electron chi connectivity index (χ3n) is 3.16. The minimum absolute atomic E-state index is 0.0334. The molecule has 0 aliphatic heterocycles. The van der Waals surface area contributed by atoms with Gasteiger partial charge in [-0.15, -0.1) is 0 Å². The molecule has 0 saturated heterocycles. The van der Waals surface area contributed by atoms with Crippen LogP contribution in [0.4, 0.5) is 0 Å². The Kier molecular flexibility index (Phi) is 4.96. The smallest absolute Gasteiger partial charge is 0.220 e. The summed E-state index contributed by atoms with van der Waals surface area (Å²) in [7, 11) is 1.65. The molecule has 0 heterocycles. The topological polar surface area (TPSA) is 58.6 Å². The number of carbonyl (C=O) groups is 1. The van der Waals surface area contributed by atoms with Crippen molar-refractivity contribution in [3.8, 4) is 5.75 Å². The minimum Gasteiger partial charge on any atom is -0.497 e. The molecule has 4 heteroatoms. The average molecular weight is 273 g/mol. The number of carbonyl (C=O) groups excluding carboxylic acids is 1. The molecule has 2 aromatic rings. The fourth-order valence-corrected chi connectivity index (χ4v) is 2.04. The number of hydrogen-bond acceptors (Lipinski definition) is 3. The molecule has 0 aliphatic rings. The van der Waals surface area contributed by atoms with E-state index in [1.165, 1.54) is 0 Å². The molecule has 20 heavy (non-hydrogen) atoms. The Morgan fingerprint density at radius 3 is 2.70 bits per heavy atom. The van der Waals surface area contributed by atoms with Crippen molar-refractivity contribution in [1.29, 1.82) is 0 Å². The summed E-state index contributed by atoms with van der Waals surface area (Å²) in [5.41, 5.74) is 1.06. The van der Waals surface area contributed by atoms with E-state index in [9.17, 15) is 4.79 Å². The predicted octanol–water partition coefficient (Wildman–Crippen LogP) is 2.24. The maximum Gasteiger partial charge on any atom is 0.220 e. The van der Waals surface area contributed by atoms with E-state index in [1.54, 1.807) is 7.11 Å². The number of benzene rings is 2. The normalized spacial score (nSPS) is 10.5. The van der Waals surface area contributed by atoms with Crippen LogP contribution in [0.25, 0.3) is 10.8 Å². The van der Waals surface area contributed by atoms with Crippen LogP contribution >= 0.6 is 0 Å². The number of methoxy groups -OCH3 is 1. The highest BCUT2D eigenvalue weighted by molar-refractivity contribution is 5.84. The van der Waals surface area contributed by atoms with Gasteiger partial charge in [-0.3, -0.25) is 4.79 Å². The van der Waals surface area contributed by atoms with Crippen LogP contribution in [-0.4, -0.2) is 24.7 Å². The number of fused-ring (bicyclic) bond motifs is 1. The van der Waals surface area contributed by atoms with Crippen LogP contribution in [0.5, 0.6) is 5.75 Å². The van der Waals surface area contributed by atoms with Gasteiger partial charge in [-0.05, 0) is 41.0 Å². The first-order valence-electron chi connectivity index (χ1n) is 6.67. The van der Waals surface area contributed by atoms with E-state index < -0.39 is 0 Å². The maximum absolute atomic E-state index is 11.5. The lowest BCUT2D eigenvalue weighted by atomic mass is 10.1. The van der Waals surface area contributed by atoms with E-state index in [0.717, 1.165) is 22.1 Å². The van der Waals surface area contributed by atoms with E-state index in [1.807, 2.05) is 30.3 Å². The number of hydrogen-bond donors (Lipinski definition) is 2. The first-order valence-corrected chi connectivity index (χ1v) is 6.67. The minimum atomic E-state index is -0.0334. The second-order valence-electron chi connectivity index (χ2n) is 4.65. The highest BCUT2D eigenvalue weighted by Gasteiger charge is 2.02. The number of nitrogens with one attached hydrogen (secondary N) is 1. The van der Waals surface area contributed by atoms with Crippen molar-refractivity contribution in [2.45, 2.75) is 19.4 Å². The third-order valence-corrected chi connectivity index (χ3v) is 3.16. The zero-order valence-corrected chi connectivity index (χ0v) is 11.6. The fourth-order valence-electron chi connectivity index (χ4n) is 2.04. The summed E-state index contributed by atoms with van der Waals surface area (Å²) in [6.45, 7) is 0.553. The Balaban J connectivity index is 2.03. The number of amides is 1. The lowest BCUT2D eigenvalue weighted by Gasteiger charge is -2.07. The highest BCUT2D eigenvalue weighted by atomic mass is 16.5. The largest absolute Gasteiger partial charge is 0.497 e. The van der Waals surface area contributed by atoms with Gasteiger partial charge in [0.1, 0.15) is 5.75 Å². The molecule has 0 saturated carbocycles. The number of ether oxygens (including phenoxy) is 1. The van der Waals surface area contributed by atoms with Crippen LogP contribution in [0.3, 0.4) is 0 Å². The Hall–Kier alpha value is -2.07. The Bertz CT molecular complexity index is 595. The monoisotopic (exact) mass is 273 g/mol. The maximum atomic E-state index is 11.5. The zero-order chi connectivity index (χ0) is 14.4. The van der Waals surface area contributed by atoms with Crippen molar-refractivity contribution in [3.63, 3.8) is 0 Å². The molecule has 1 amide bonds. The van der Waals surface area contributed by atoms with Gasteiger partial charge in [0.2, 0.25) is 5.91 Å². The van der Waals surface area contributed by atoms with Gasteiger partial charge in [0.25, 0.3) is 0 Å². The second-order valence-corrected chi connectivity index (χ2v) is 4.65. The zero-order valence-electron chi connectivity index (χ0n) is 11.6. The van der Waals surface area contributed by atoms with Gasteiger partial charge in [-0.25, -0.2) is 0 Å². The number of rotatable bonds is 6. The molecule has 4 nitrogen and oxygen atoms in total. The van der Waals surface area contributed by atoms with Gasteiger partial charge >= 0.3 is 0 Å². The average Bonchev–Trinajstić information content (AvgIpc) is 2.50. The van der Waals surface area contributed by atoms with Crippen molar-refractivity contribution in [1.82, 2.24) is 5.32 Å². The summed E-state index contributed by atoms with van der Waals surface area (Å²) in [5.74, 6) is 0.802. The lowest BCUT2D eigenvalue weighted by Crippen LogP contribution is -2.22. The molecule has 0 bridgehead atoms. The van der Waals surface area contributed by atoms with Gasteiger partial charge in [0, 0.05) is 19.6 Å². The van der Waals surface area contributed by atoms with E-state index in [4.69, 9.17) is 9.84 Å². The molecule has 106 valence electrons. The van der Waals surface area contributed by atoms with Crippen molar-refractivity contribution in [2.75, 3.05) is 13.7 Å². The van der Waals surface area contributed by atoms with Gasteiger partial charge in [0.05, 0.1) is 7.11 Å². The van der Waals surface area contributed by atoms with Gasteiger partial charge in [-0.2, -0.15) is 0 Å². The predicted molar refractivity (Wildman–Crippen MR) is 78.7 cm³/mol. The summed E-state index contributed by atoms with van der Waals surface area (Å²) in [5, 5.41) is 13.7. The molecular formula is C16H19NO3. The Morgan fingerprint density at radius 1 is 1.20 bits per heavy atom. The molecule has 0 aromatic heterocycles. The van der Waals surface area contributed by atoms with E-state index in [-0.39, 0.29) is 12.5 Å². The second kappa shape index (κ2) is 6.91. The SMILES string of the molecule is COc1ccc2cc(CNC(=O)CCCO)ccc2c1. The molecule has 0 atom stereocenters. The third kappa shape index (κ3) is 3.71. The Morgan fingerprint density at radius 2 is 1.95 bits per heavy atom. The molecule has 0 radical (unpaired) electrons. The molecule has 2 N–H and O–H groups in total. The molecule has 0 aliphatic carbocycles. The van der Waals surface area contributed by atoms with Crippen LogP contribution in [0.15, 0.2) is 36.4 Å². The summed E-state index contributed by atoms with van der Waals surface area (Å²) < 4.78 is 5.19. The standard InChI is InChI=1S/C16H19NO3/c1-20-15-7-6-13-9-12(4-5-14(13)10-15)11-17-16(19)3-2-8-18/h4-7,9-10,18H,2-3,8,11H2,1H3,(H,17,19).